The van der Waals surface area contributed by atoms with Crippen LogP contribution in [-0.2, 0) is 10.0 Å². The number of methoxy groups -OCH3 is 1. The van der Waals surface area contributed by atoms with Crippen LogP contribution in [0.5, 0.6) is 5.75 Å². The van der Waals surface area contributed by atoms with E-state index in [0.29, 0.717) is 17.0 Å². The van der Waals surface area contributed by atoms with Gasteiger partial charge in [-0.1, -0.05) is 12.1 Å². The fourth-order valence-electron chi connectivity index (χ4n) is 2.81. The summed E-state index contributed by atoms with van der Waals surface area (Å²) in [7, 11) is -2.42. The lowest BCUT2D eigenvalue weighted by molar-refractivity contribution is 0.102. The molecule has 156 valence electrons. The number of anilines is 2. The molecule has 0 saturated heterocycles. The molecule has 0 atom stereocenters. The molecule has 0 spiro atoms. The third-order valence-corrected chi connectivity index (χ3v) is 5.86. The van der Waals surface area contributed by atoms with E-state index in [1.165, 1.54) is 37.4 Å². The summed E-state index contributed by atoms with van der Waals surface area (Å²) < 4.78 is 47.0. The van der Waals surface area contributed by atoms with E-state index < -0.39 is 21.7 Å². The smallest absolute Gasteiger partial charge is 0.261 e. The van der Waals surface area contributed by atoms with Crippen LogP contribution in [0.4, 0.5) is 15.8 Å². The first-order chi connectivity index (χ1) is 14.2. The van der Waals surface area contributed by atoms with Crippen LogP contribution in [0.1, 0.15) is 21.5 Å². The van der Waals surface area contributed by atoms with Gasteiger partial charge in [0.05, 0.1) is 17.7 Å². The van der Waals surface area contributed by atoms with E-state index in [0.717, 1.165) is 5.56 Å². The van der Waals surface area contributed by atoms with Crippen molar-refractivity contribution in [3.63, 3.8) is 0 Å². The highest BCUT2D eigenvalue weighted by molar-refractivity contribution is 7.92. The van der Waals surface area contributed by atoms with Crippen LogP contribution < -0.4 is 14.8 Å². The van der Waals surface area contributed by atoms with Crippen molar-refractivity contribution in [3.05, 3.63) is 83.2 Å². The molecule has 0 aliphatic carbocycles. The SMILES string of the molecule is COc1ccc(NS(=O)(=O)c2ccc(C)c(C(=O)Nc3cc(C)ccc3F)c2)cc1. The maximum Gasteiger partial charge on any atom is 0.261 e. The average Bonchev–Trinajstić information content (AvgIpc) is 2.71. The minimum atomic E-state index is -3.94. The molecule has 0 saturated carbocycles. The van der Waals surface area contributed by atoms with E-state index in [1.807, 2.05) is 0 Å². The highest BCUT2D eigenvalue weighted by atomic mass is 32.2. The number of amides is 1. The van der Waals surface area contributed by atoms with Crippen molar-refractivity contribution in [2.24, 2.45) is 0 Å². The topological polar surface area (TPSA) is 84.5 Å². The minimum absolute atomic E-state index is 0.0315. The molecule has 0 aliphatic heterocycles. The van der Waals surface area contributed by atoms with E-state index in [9.17, 15) is 17.6 Å². The number of aryl methyl sites for hydroxylation is 2. The first-order valence-electron chi connectivity index (χ1n) is 9.04. The fraction of sp³-hybridized carbons (Fsp3) is 0.136. The minimum Gasteiger partial charge on any atom is -0.497 e. The lowest BCUT2D eigenvalue weighted by atomic mass is 10.1. The molecule has 0 fully saturated rings. The van der Waals surface area contributed by atoms with Gasteiger partial charge in [0.2, 0.25) is 0 Å². The van der Waals surface area contributed by atoms with Crippen LogP contribution in [0.25, 0.3) is 0 Å². The largest absolute Gasteiger partial charge is 0.497 e. The summed E-state index contributed by atoms with van der Waals surface area (Å²) >= 11 is 0. The molecule has 0 bridgehead atoms. The predicted molar refractivity (Wildman–Crippen MR) is 114 cm³/mol. The summed E-state index contributed by atoms with van der Waals surface area (Å²) in [4.78, 5) is 12.6. The Morgan fingerprint density at radius 3 is 2.33 bits per heavy atom. The Morgan fingerprint density at radius 2 is 1.67 bits per heavy atom. The number of hydrogen-bond donors (Lipinski definition) is 2. The zero-order chi connectivity index (χ0) is 21.9. The normalized spacial score (nSPS) is 11.1. The van der Waals surface area contributed by atoms with E-state index >= 15 is 0 Å². The molecular weight excluding hydrogens is 407 g/mol. The number of nitrogens with one attached hydrogen (secondary N) is 2. The van der Waals surface area contributed by atoms with Gasteiger partial charge in [0.25, 0.3) is 15.9 Å². The van der Waals surface area contributed by atoms with Gasteiger partial charge in [0.1, 0.15) is 11.6 Å². The third kappa shape index (κ3) is 4.77. The number of hydrogen-bond acceptors (Lipinski definition) is 4. The maximum atomic E-state index is 14.0. The number of benzene rings is 3. The van der Waals surface area contributed by atoms with Gasteiger partial charge in [-0.05, 0) is 73.5 Å². The molecule has 1 amide bonds. The van der Waals surface area contributed by atoms with Crippen LogP contribution in [0, 0.1) is 19.7 Å². The number of rotatable bonds is 6. The molecule has 30 heavy (non-hydrogen) atoms. The Kier molecular flexibility index (Phi) is 6.07. The van der Waals surface area contributed by atoms with Crippen molar-refractivity contribution in [2.45, 2.75) is 18.7 Å². The highest BCUT2D eigenvalue weighted by Crippen LogP contribution is 2.23. The summed E-state index contributed by atoms with van der Waals surface area (Å²) in [5, 5.41) is 2.51. The standard InChI is InChI=1S/C22H21FN2O4S/c1-14-4-11-20(23)21(12-14)24-22(26)19-13-18(10-5-15(19)2)30(27,28)25-16-6-8-17(29-3)9-7-16/h4-13,25H,1-3H3,(H,24,26). The first kappa shape index (κ1) is 21.3. The highest BCUT2D eigenvalue weighted by Gasteiger charge is 2.19. The summed E-state index contributed by atoms with van der Waals surface area (Å²) in [5.74, 6) is -0.578. The second-order valence-corrected chi connectivity index (χ2v) is 8.43. The number of carbonyl (C=O) groups is 1. The molecule has 3 aromatic carbocycles. The van der Waals surface area contributed by atoms with Crippen molar-refractivity contribution in [1.82, 2.24) is 0 Å². The van der Waals surface area contributed by atoms with Crippen molar-refractivity contribution in [1.29, 1.82) is 0 Å². The van der Waals surface area contributed by atoms with Crippen molar-refractivity contribution in [2.75, 3.05) is 17.1 Å². The molecular formula is C22H21FN2O4S. The van der Waals surface area contributed by atoms with Crippen molar-refractivity contribution in [3.8, 4) is 5.75 Å². The lowest BCUT2D eigenvalue weighted by Gasteiger charge is -2.13. The maximum absolute atomic E-state index is 14.0. The Labute approximate surface area is 174 Å². The molecule has 0 radical (unpaired) electrons. The second-order valence-electron chi connectivity index (χ2n) is 6.75. The first-order valence-corrected chi connectivity index (χ1v) is 10.5. The Hall–Kier alpha value is -3.39. The molecule has 0 heterocycles. The van der Waals surface area contributed by atoms with Crippen LogP contribution in [0.15, 0.2) is 65.6 Å². The van der Waals surface area contributed by atoms with Gasteiger partial charge in [0.15, 0.2) is 0 Å². The fourth-order valence-corrected chi connectivity index (χ4v) is 3.90. The number of halogens is 1. The number of sulfonamides is 1. The van der Waals surface area contributed by atoms with Crippen molar-refractivity contribution < 1.29 is 22.3 Å². The number of ether oxygens (including phenoxy) is 1. The number of carbonyl (C=O) groups excluding carboxylic acids is 1. The Bertz CT molecular complexity index is 1190. The van der Waals surface area contributed by atoms with Gasteiger partial charge < -0.3 is 10.1 Å². The average molecular weight is 428 g/mol. The molecule has 2 N–H and O–H groups in total. The zero-order valence-electron chi connectivity index (χ0n) is 16.7. The molecule has 8 heteroatoms. The molecule has 0 aromatic heterocycles. The summed E-state index contributed by atoms with van der Waals surface area (Å²) in [6.45, 7) is 3.45. The summed E-state index contributed by atoms with van der Waals surface area (Å²) in [5.41, 5.74) is 1.86. The molecule has 6 nitrogen and oxygen atoms in total. The van der Waals surface area contributed by atoms with Crippen LogP contribution >= 0.6 is 0 Å². The van der Waals surface area contributed by atoms with Gasteiger partial charge in [0, 0.05) is 11.3 Å². The zero-order valence-corrected chi connectivity index (χ0v) is 17.5. The third-order valence-electron chi connectivity index (χ3n) is 4.48. The van der Waals surface area contributed by atoms with Crippen LogP contribution in [-0.4, -0.2) is 21.4 Å². The van der Waals surface area contributed by atoms with Gasteiger partial charge in [-0.15, -0.1) is 0 Å². The molecule has 0 aliphatic rings. The Balaban J connectivity index is 1.87. The predicted octanol–water partition coefficient (Wildman–Crippen LogP) is 4.50. The molecule has 3 rings (SSSR count). The van der Waals surface area contributed by atoms with Crippen LogP contribution in [0.2, 0.25) is 0 Å². The van der Waals surface area contributed by atoms with Gasteiger partial charge in [-0.2, -0.15) is 0 Å². The Morgan fingerprint density at radius 1 is 0.967 bits per heavy atom. The quantitative estimate of drug-likeness (QED) is 0.605. The van der Waals surface area contributed by atoms with Gasteiger partial charge in [-0.3, -0.25) is 9.52 Å². The second kappa shape index (κ2) is 8.54. The lowest BCUT2D eigenvalue weighted by Crippen LogP contribution is -2.17. The summed E-state index contributed by atoms with van der Waals surface area (Å²) in [6, 6.07) is 15.0. The van der Waals surface area contributed by atoms with Gasteiger partial charge >= 0.3 is 0 Å². The molecule has 3 aromatic rings. The van der Waals surface area contributed by atoms with E-state index in [-0.39, 0.29) is 16.1 Å². The van der Waals surface area contributed by atoms with E-state index in [2.05, 4.69) is 10.0 Å². The van der Waals surface area contributed by atoms with E-state index in [4.69, 9.17) is 4.74 Å². The molecule has 0 unspecified atom stereocenters. The summed E-state index contributed by atoms with van der Waals surface area (Å²) in [6.07, 6.45) is 0. The van der Waals surface area contributed by atoms with Crippen molar-refractivity contribution >= 4 is 27.3 Å². The monoisotopic (exact) mass is 428 g/mol. The van der Waals surface area contributed by atoms with Crippen LogP contribution in [0.3, 0.4) is 0 Å². The van der Waals surface area contributed by atoms with E-state index in [1.54, 1.807) is 44.2 Å². The van der Waals surface area contributed by atoms with Gasteiger partial charge in [-0.25, -0.2) is 12.8 Å².